The number of hydrogen-bond acceptors (Lipinski definition) is 4. The number of carbonyl (C=O) groups is 1. The van der Waals surface area contributed by atoms with Crippen molar-refractivity contribution in [1.82, 2.24) is 9.62 Å². The molecule has 132 valence electrons. The van der Waals surface area contributed by atoms with Gasteiger partial charge in [-0.05, 0) is 32.1 Å². The molecule has 0 spiro atoms. The number of amides is 1. The lowest BCUT2D eigenvalue weighted by molar-refractivity contribution is -0.128. The summed E-state index contributed by atoms with van der Waals surface area (Å²) in [6.45, 7) is 7.09. The Morgan fingerprint density at radius 2 is 1.86 bits per heavy atom. The second-order valence-electron chi connectivity index (χ2n) is 6.57. The maximum atomic E-state index is 12.3. The Hall–Kier alpha value is -0.410. The molecule has 0 aromatic rings. The average molecular weight is 357 g/mol. The van der Waals surface area contributed by atoms with Crippen molar-refractivity contribution >= 4 is 28.5 Å². The lowest BCUT2D eigenvalue weighted by Gasteiger charge is -2.35. The van der Waals surface area contributed by atoms with Gasteiger partial charge < -0.3 is 11.1 Å². The van der Waals surface area contributed by atoms with Crippen LogP contribution in [0.1, 0.15) is 40.0 Å². The third-order valence-electron chi connectivity index (χ3n) is 3.92. The molecule has 9 heteroatoms. The van der Waals surface area contributed by atoms with Gasteiger partial charge >= 0.3 is 0 Å². The lowest BCUT2D eigenvalue weighted by Crippen LogP contribution is -2.55. The highest BCUT2D eigenvalue weighted by atomic mass is 35.5. The molecule has 1 saturated heterocycles. The van der Waals surface area contributed by atoms with Crippen LogP contribution in [-0.2, 0) is 15.0 Å². The molecule has 0 aromatic heterocycles. The Kier molecular flexibility index (Phi) is 8.29. The molecule has 0 saturated carbocycles. The van der Waals surface area contributed by atoms with E-state index in [2.05, 4.69) is 19.2 Å². The van der Waals surface area contributed by atoms with E-state index in [4.69, 9.17) is 10.9 Å². The number of hydrogen-bond donors (Lipinski definition) is 3. The van der Waals surface area contributed by atoms with E-state index in [1.54, 1.807) is 0 Å². The fraction of sp³-hybridized carbons (Fsp3) is 0.923. The van der Waals surface area contributed by atoms with Crippen LogP contribution in [0.2, 0.25) is 0 Å². The minimum Gasteiger partial charge on any atom is -0.349 e. The van der Waals surface area contributed by atoms with Crippen molar-refractivity contribution in [2.45, 2.75) is 45.6 Å². The van der Waals surface area contributed by atoms with Crippen LogP contribution < -0.4 is 16.2 Å². The predicted molar refractivity (Wildman–Crippen MR) is 89.7 cm³/mol. The molecular weight excluding hydrogens is 328 g/mol. The normalized spacial score (nSPS) is 20.3. The first-order valence-corrected chi connectivity index (χ1v) is 8.87. The Balaban J connectivity index is 0.00000441. The molecule has 1 unspecified atom stereocenters. The van der Waals surface area contributed by atoms with E-state index in [0.717, 1.165) is 6.42 Å². The van der Waals surface area contributed by atoms with Gasteiger partial charge in [-0.1, -0.05) is 13.8 Å². The number of piperidine rings is 1. The second kappa shape index (κ2) is 8.44. The van der Waals surface area contributed by atoms with Gasteiger partial charge in [0.2, 0.25) is 5.91 Å². The van der Waals surface area contributed by atoms with Crippen LogP contribution in [0.5, 0.6) is 0 Å². The molecule has 7 nitrogen and oxygen atoms in total. The zero-order valence-electron chi connectivity index (χ0n) is 13.5. The van der Waals surface area contributed by atoms with Gasteiger partial charge in [0.05, 0.1) is 0 Å². The third-order valence-corrected chi connectivity index (χ3v) is 5.00. The molecular formula is C13H29ClN4O3S. The van der Waals surface area contributed by atoms with Crippen molar-refractivity contribution in [3.05, 3.63) is 0 Å². The molecule has 5 N–H and O–H groups in total. The number of nitrogens with one attached hydrogen (secondary N) is 1. The number of halogens is 1. The first-order valence-electron chi connectivity index (χ1n) is 7.37. The van der Waals surface area contributed by atoms with Gasteiger partial charge in [0, 0.05) is 31.1 Å². The topological polar surface area (TPSA) is 119 Å². The number of nitrogens with zero attached hydrogens (tertiary/aromatic N) is 1. The molecule has 1 atom stereocenters. The van der Waals surface area contributed by atoms with Gasteiger partial charge in [-0.15, -0.1) is 12.4 Å². The summed E-state index contributed by atoms with van der Waals surface area (Å²) in [5.41, 5.74) is 5.38. The highest BCUT2D eigenvalue weighted by Crippen LogP contribution is 2.21. The van der Waals surface area contributed by atoms with Gasteiger partial charge in [-0.3, -0.25) is 4.79 Å². The fourth-order valence-corrected chi connectivity index (χ4v) is 3.58. The van der Waals surface area contributed by atoms with Crippen LogP contribution in [0.3, 0.4) is 0 Å². The summed E-state index contributed by atoms with van der Waals surface area (Å²) < 4.78 is 23.7. The van der Waals surface area contributed by atoms with Crippen LogP contribution in [0.4, 0.5) is 0 Å². The molecule has 1 rings (SSSR count). The summed E-state index contributed by atoms with van der Waals surface area (Å²) in [6, 6.07) is 0. The zero-order valence-corrected chi connectivity index (χ0v) is 15.2. The van der Waals surface area contributed by atoms with Crippen molar-refractivity contribution in [2.24, 2.45) is 22.7 Å². The molecule has 22 heavy (non-hydrogen) atoms. The summed E-state index contributed by atoms with van der Waals surface area (Å²) in [5.74, 6) is 0.210. The van der Waals surface area contributed by atoms with Gasteiger partial charge in [0.25, 0.3) is 10.2 Å². The Morgan fingerprint density at radius 1 is 1.36 bits per heavy atom. The molecule has 1 heterocycles. The molecule has 1 aliphatic heterocycles. The highest BCUT2D eigenvalue weighted by molar-refractivity contribution is 7.86. The lowest BCUT2D eigenvalue weighted by atomic mass is 9.89. The van der Waals surface area contributed by atoms with E-state index in [0.29, 0.717) is 38.4 Å². The molecule has 0 aliphatic carbocycles. The van der Waals surface area contributed by atoms with E-state index in [9.17, 15) is 13.2 Å². The van der Waals surface area contributed by atoms with Crippen molar-refractivity contribution in [3.8, 4) is 0 Å². The largest absolute Gasteiger partial charge is 0.349 e. The van der Waals surface area contributed by atoms with Crippen LogP contribution in [-0.4, -0.2) is 43.8 Å². The highest BCUT2D eigenvalue weighted by Gasteiger charge is 2.33. The first kappa shape index (κ1) is 21.6. The molecule has 0 bridgehead atoms. The quantitative estimate of drug-likeness (QED) is 0.630. The van der Waals surface area contributed by atoms with E-state index in [1.165, 1.54) is 4.31 Å². The number of carbonyl (C=O) groups excluding carboxylic acids is 1. The van der Waals surface area contributed by atoms with E-state index in [-0.39, 0.29) is 24.2 Å². The minimum atomic E-state index is -3.65. The molecule has 0 aromatic carbocycles. The zero-order chi connectivity index (χ0) is 16.3. The summed E-state index contributed by atoms with van der Waals surface area (Å²) in [7, 11) is -3.65. The maximum Gasteiger partial charge on any atom is 0.276 e. The molecule has 1 fully saturated rings. The van der Waals surface area contributed by atoms with Crippen molar-refractivity contribution < 1.29 is 13.2 Å². The first-order chi connectivity index (χ1) is 9.57. The van der Waals surface area contributed by atoms with E-state index >= 15 is 0 Å². The summed E-state index contributed by atoms with van der Waals surface area (Å²) in [4.78, 5) is 12.3. The monoisotopic (exact) mass is 356 g/mol. The van der Waals surface area contributed by atoms with Crippen molar-refractivity contribution in [3.63, 3.8) is 0 Å². The van der Waals surface area contributed by atoms with Gasteiger partial charge in [0.1, 0.15) is 0 Å². The average Bonchev–Trinajstić information content (AvgIpc) is 2.36. The van der Waals surface area contributed by atoms with Crippen LogP contribution in [0.25, 0.3) is 0 Å². The van der Waals surface area contributed by atoms with Crippen LogP contribution >= 0.6 is 12.4 Å². The summed E-state index contributed by atoms with van der Waals surface area (Å²) in [6.07, 6.45) is 1.79. The molecule has 1 amide bonds. The minimum absolute atomic E-state index is 0. The second-order valence-corrected chi connectivity index (χ2v) is 8.12. The van der Waals surface area contributed by atoms with Gasteiger partial charge in [0.15, 0.2) is 0 Å². The fourth-order valence-electron chi connectivity index (χ4n) is 2.86. The van der Waals surface area contributed by atoms with Crippen LogP contribution in [0, 0.1) is 11.8 Å². The number of rotatable bonds is 6. The number of nitrogens with two attached hydrogens (primary N) is 2. The predicted octanol–water partition coefficient (Wildman–Crippen LogP) is 0.203. The summed E-state index contributed by atoms with van der Waals surface area (Å²) in [5, 5.41) is 8.13. The SMILES string of the molecule is CC(C)CC(C)(CN)NC(=O)C1CCN(S(N)(=O)=O)CC1.Cl. The van der Waals surface area contributed by atoms with Gasteiger partial charge in [-0.2, -0.15) is 12.7 Å². The Bertz CT molecular complexity index is 464. The van der Waals surface area contributed by atoms with E-state index < -0.39 is 15.7 Å². The van der Waals surface area contributed by atoms with Crippen LogP contribution in [0.15, 0.2) is 0 Å². The smallest absolute Gasteiger partial charge is 0.276 e. The summed E-state index contributed by atoms with van der Waals surface area (Å²) >= 11 is 0. The van der Waals surface area contributed by atoms with Crippen molar-refractivity contribution in [1.29, 1.82) is 0 Å². The maximum absolute atomic E-state index is 12.3. The molecule has 1 aliphatic rings. The van der Waals surface area contributed by atoms with E-state index in [1.807, 2.05) is 6.92 Å². The molecule has 0 radical (unpaired) electrons. The Labute approximate surface area is 139 Å². The van der Waals surface area contributed by atoms with Gasteiger partial charge in [-0.25, -0.2) is 5.14 Å². The standard InChI is InChI=1S/C13H28N4O3S.ClH/c1-10(2)8-13(3,9-14)16-12(18)11-4-6-17(7-5-11)21(15,19)20;/h10-11H,4-9,14H2,1-3H3,(H,16,18)(H2,15,19,20);1H. The Morgan fingerprint density at radius 3 is 2.23 bits per heavy atom. The third kappa shape index (κ3) is 6.37. The van der Waals surface area contributed by atoms with Crippen molar-refractivity contribution in [2.75, 3.05) is 19.6 Å².